The average molecular weight is 445 g/mol. The minimum absolute atomic E-state index is 0.171. The van der Waals surface area contributed by atoms with Gasteiger partial charge in [-0.05, 0) is 54.7 Å². The Balaban J connectivity index is 2.01. The molecule has 0 heterocycles. The maximum absolute atomic E-state index is 12.7. The monoisotopic (exact) mass is 444 g/mol. The lowest BCUT2D eigenvalue weighted by Crippen LogP contribution is -2.46. The van der Waals surface area contributed by atoms with Crippen LogP contribution in [0.15, 0.2) is 42.5 Å². The number of carbonyl (C=O) groups is 3. The number of anilines is 1. The van der Waals surface area contributed by atoms with Crippen LogP contribution in [0.2, 0.25) is 5.02 Å². The van der Waals surface area contributed by atoms with Crippen molar-refractivity contribution in [3.63, 3.8) is 0 Å². The van der Waals surface area contributed by atoms with Crippen LogP contribution in [0.3, 0.4) is 0 Å². The van der Waals surface area contributed by atoms with Crippen LogP contribution in [0.1, 0.15) is 48.7 Å². The first kappa shape index (κ1) is 24.4. The van der Waals surface area contributed by atoms with E-state index in [2.05, 4.69) is 10.6 Å². The Labute approximate surface area is 188 Å². The van der Waals surface area contributed by atoms with Crippen LogP contribution in [0.25, 0.3) is 0 Å². The summed E-state index contributed by atoms with van der Waals surface area (Å²) in [5.74, 6) is -1.65. The Morgan fingerprint density at radius 3 is 2.35 bits per heavy atom. The summed E-state index contributed by atoms with van der Waals surface area (Å²) >= 11 is 5.86. The predicted molar refractivity (Wildman–Crippen MR) is 122 cm³/mol. The highest BCUT2D eigenvalue weighted by Crippen LogP contribution is 2.21. The van der Waals surface area contributed by atoms with Gasteiger partial charge < -0.3 is 15.4 Å². The summed E-state index contributed by atoms with van der Waals surface area (Å²) in [7, 11) is 0. The van der Waals surface area contributed by atoms with E-state index in [9.17, 15) is 14.4 Å². The van der Waals surface area contributed by atoms with Crippen molar-refractivity contribution >= 4 is 35.1 Å². The zero-order chi connectivity index (χ0) is 23.0. The number of rotatable bonds is 9. The molecule has 31 heavy (non-hydrogen) atoms. The number of aryl methyl sites for hydroxylation is 2. The standard InChI is InChI=1S/C24H29ClN2O4/c1-5-15(3)22(27-23(29)18-10-12-19(25)13-11-18)24(30)31-14-20(28)26-21-16(4)8-7-9-17(21)6-2/h7-13,15,22H,5-6,14H2,1-4H3,(H,26,28)(H,27,29). The molecule has 0 aromatic heterocycles. The van der Waals surface area contributed by atoms with Crippen molar-refractivity contribution in [3.05, 3.63) is 64.2 Å². The molecule has 0 aliphatic rings. The fourth-order valence-corrected chi connectivity index (χ4v) is 3.22. The van der Waals surface area contributed by atoms with Gasteiger partial charge in [0.05, 0.1) is 0 Å². The summed E-state index contributed by atoms with van der Waals surface area (Å²) in [6, 6.07) is 11.3. The third-order valence-electron chi connectivity index (χ3n) is 5.21. The molecule has 0 spiro atoms. The normalized spacial score (nSPS) is 12.5. The van der Waals surface area contributed by atoms with Crippen LogP contribution in [-0.4, -0.2) is 30.4 Å². The summed E-state index contributed by atoms with van der Waals surface area (Å²) in [4.78, 5) is 37.6. The number of nitrogens with one attached hydrogen (secondary N) is 2. The lowest BCUT2D eigenvalue weighted by molar-refractivity contribution is -0.150. The number of amides is 2. The third kappa shape index (κ3) is 6.82. The van der Waals surface area contributed by atoms with Gasteiger partial charge in [-0.25, -0.2) is 4.79 Å². The van der Waals surface area contributed by atoms with E-state index in [0.717, 1.165) is 23.2 Å². The fourth-order valence-electron chi connectivity index (χ4n) is 3.10. The molecule has 0 radical (unpaired) electrons. The first-order chi connectivity index (χ1) is 14.8. The van der Waals surface area contributed by atoms with Crippen LogP contribution in [0, 0.1) is 12.8 Å². The molecule has 2 rings (SSSR count). The Bertz CT molecular complexity index is 928. The van der Waals surface area contributed by atoms with Crippen molar-refractivity contribution in [1.82, 2.24) is 5.32 Å². The van der Waals surface area contributed by atoms with Crippen molar-refractivity contribution in [1.29, 1.82) is 0 Å². The molecular weight excluding hydrogens is 416 g/mol. The summed E-state index contributed by atoms with van der Waals surface area (Å²) < 4.78 is 5.24. The van der Waals surface area contributed by atoms with Crippen LogP contribution in [0.4, 0.5) is 5.69 Å². The molecule has 2 unspecified atom stereocenters. The molecule has 0 aliphatic heterocycles. The second-order valence-electron chi connectivity index (χ2n) is 7.46. The van der Waals surface area contributed by atoms with Gasteiger partial charge in [-0.2, -0.15) is 0 Å². The molecule has 2 aromatic carbocycles. The SMILES string of the molecule is CCc1cccc(C)c1NC(=O)COC(=O)C(NC(=O)c1ccc(Cl)cc1)C(C)CC. The molecule has 0 saturated carbocycles. The van der Waals surface area contributed by atoms with E-state index < -0.39 is 30.4 Å². The smallest absolute Gasteiger partial charge is 0.329 e. The summed E-state index contributed by atoms with van der Waals surface area (Å²) in [5.41, 5.74) is 3.06. The Hall–Kier alpha value is -2.86. The maximum Gasteiger partial charge on any atom is 0.329 e. The van der Waals surface area contributed by atoms with Gasteiger partial charge in [-0.3, -0.25) is 9.59 Å². The van der Waals surface area contributed by atoms with E-state index in [0.29, 0.717) is 17.0 Å². The van der Waals surface area contributed by atoms with E-state index in [4.69, 9.17) is 16.3 Å². The predicted octanol–water partition coefficient (Wildman–Crippen LogP) is 4.54. The van der Waals surface area contributed by atoms with Gasteiger partial charge in [0.25, 0.3) is 11.8 Å². The minimum atomic E-state index is -0.870. The van der Waals surface area contributed by atoms with E-state index in [1.54, 1.807) is 24.3 Å². The van der Waals surface area contributed by atoms with Gasteiger partial charge in [-0.1, -0.05) is 57.0 Å². The Morgan fingerprint density at radius 2 is 1.74 bits per heavy atom. The molecule has 7 heteroatoms. The second kappa shape index (κ2) is 11.5. The van der Waals surface area contributed by atoms with E-state index in [1.807, 2.05) is 45.9 Å². The van der Waals surface area contributed by atoms with Gasteiger partial charge in [0, 0.05) is 16.3 Å². The number of benzene rings is 2. The van der Waals surface area contributed by atoms with Gasteiger partial charge in [0.1, 0.15) is 6.04 Å². The first-order valence-corrected chi connectivity index (χ1v) is 10.8. The van der Waals surface area contributed by atoms with Crippen molar-refractivity contribution < 1.29 is 19.1 Å². The number of halogens is 1. The largest absolute Gasteiger partial charge is 0.454 e. The Morgan fingerprint density at radius 1 is 1.06 bits per heavy atom. The minimum Gasteiger partial charge on any atom is -0.454 e. The molecule has 2 aromatic rings. The highest BCUT2D eigenvalue weighted by Gasteiger charge is 2.28. The summed E-state index contributed by atoms with van der Waals surface area (Å²) in [6.07, 6.45) is 1.42. The molecule has 0 bridgehead atoms. The zero-order valence-corrected chi connectivity index (χ0v) is 19.1. The molecule has 2 amide bonds. The van der Waals surface area contributed by atoms with Crippen LogP contribution in [-0.2, 0) is 20.7 Å². The van der Waals surface area contributed by atoms with E-state index in [-0.39, 0.29) is 5.92 Å². The van der Waals surface area contributed by atoms with Gasteiger partial charge >= 0.3 is 5.97 Å². The third-order valence-corrected chi connectivity index (χ3v) is 5.46. The summed E-state index contributed by atoms with van der Waals surface area (Å²) in [5, 5.41) is 6.05. The molecule has 2 N–H and O–H groups in total. The van der Waals surface area contributed by atoms with Crippen molar-refractivity contribution in [2.75, 3.05) is 11.9 Å². The number of hydrogen-bond donors (Lipinski definition) is 2. The zero-order valence-electron chi connectivity index (χ0n) is 18.3. The van der Waals surface area contributed by atoms with Gasteiger partial charge in [-0.15, -0.1) is 0 Å². The van der Waals surface area contributed by atoms with E-state index in [1.165, 1.54) is 0 Å². The summed E-state index contributed by atoms with van der Waals surface area (Å²) in [6.45, 7) is 7.24. The number of ether oxygens (including phenoxy) is 1. The number of hydrogen-bond acceptors (Lipinski definition) is 4. The second-order valence-corrected chi connectivity index (χ2v) is 7.90. The molecular formula is C24H29ClN2O4. The topological polar surface area (TPSA) is 84.5 Å². The first-order valence-electron chi connectivity index (χ1n) is 10.4. The van der Waals surface area contributed by atoms with Crippen LogP contribution in [0.5, 0.6) is 0 Å². The van der Waals surface area contributed by atoms with Crippen LogP contribution < -0.4 is 10.6 Å². The average Bonchev–Trinajstić information content (AvgIpc) is 2.76. The quantitative estimate of drug-likeness (QED) is 0.556. The Kier molecular flexibility index (Phi) is 9.06. The lowest BCUT2D eigenvalue weighted by Gasteiger charge is -2.23. The molecule has 0 fully saturated rings. The number of para-hydroxylation sites is 1. The fraction of sp³-hybridized carbons (Fsp3) is 0.375. The van der Waals surface area contributed by atoms with E-state index >= 15 is 0 Å². The maximum atomic E-state index is 12.7. The number of esters is 1. The molecule has 2 atom stereocenters. The highest BCUT2D eigenvalue weighted by molar-refractivity contribution is 6.30. The highest BCUT2D eigenvalue weighted by atomic mass is 35.5. The van der Waals surface area contributed by atoms with Crippen molar-refractivity contribution in [3.8, 4) is 0 Å². The molecule has 0 aliphatic carbocycles. The van der Waals surface area contributed by atoms with Crippen LogP contribution >= 0.6 is 11.6 Å². The lowest BCUT2D eigenvalue weighted by atomic mass is 9.99. The molecule has 0 saturated heterocycles. The van der Waals surface area contributed by atoms with Gasteiger partial charge in [0.15, 0.2) is 6.61 Å². The number of carbonyl (C=O) groups excluding carboxylic acids is 3. The van der Waals surface area contributed by atoms with Crippen molar-refractivity contribution in [2.45, 2.75) is 46.6 Å². The van der Waals surface area contributed by atoms with Gasteiger partial charge in [0.2, 0.25) is 0 Å². The molecule has 6 nitrogen and oxygen atoms in total. The molecule has 166 valence electrons. The van der Waals surface area contributed by atoms with Crippen molar-refractivity contribution in [2.24, 2.45) is 5.92 Å².